The van der Waals surface area contributed by atoms with Crippen LogP contribution in [0.25, 0.3) is 0 Å². The number of nitrogens with one attached hydrogen (secondary N) is 1. The second-order valence-electron chi connectivity index (χ2n) is 5.90. The quantitative estimate of drug-likeness (QED) is 0.372. The normalized spacial score (nSPS) is 10.3. The van der Waals surface area contributed by atoms with Crippen LogP contribution in [-0.2, 0) is 0 Å². The minimum atomic E-state index is -0.755. The fourth-order valence-electron chi connectivity index (χ4n) is 2.43. The molecule has 9 nitrogen and oxygen atoms in total. The molecule has 0 spiro atoms. The number of benzene rings is 3. The molecule has 0 atom stereocenters. The number of carbonyl (C=O) groups excluding carboxylic acids is 1. The molecule has 3 rings (SSSR count). The van der Waals surface area contributed by atoms with Gasteiger partial charge >= 0.3 is 0 Å². The van der Waals surface area contributed by atoms with Gasteiger partial charge in [-0.3, -0.25) is 25.0 Å². The summed E-state index contributed by atoms with van der Waals surface area (Å²) in [5.41, 5.74) is -0.279. The Balaban J connectivity index is 1.76. The topological polar surface area (TPSA) is 125 Å². The van der Waals surface area contributed by atoms with Crippen molar-refractivity contribution in [2.75, 3.05) is 5.32 Å². The molecule has 3 aromatic carbocycles. The van der Waals surface area contributed by atoms with Gasteiger partial charge in [0, 0.05) is 10.6 Å². The van der Waals surface area contributed by atoms with E-state index in [-0.39, 0.29) is 16.5 Å². The van der Waals surface area contributed by atoms with Crippen molar-refractivity contribution in [3.63, 3.8) is 0 Å². The lowest BCUT2D eigenvalue weighted by Gasteiger charge is -2.09. The summed E-state index contributed by atoms with van der Waals surface area (Å²) in [5, 5.41) is 25.3. The van der Waals surface area contributed by atoms with E-state index < -0.39 is 27.1 Å². The summed E-state index contributed by atoms with van der Waals surface area (Å²) in [5.74, 6) is -0.288. The molecule has 0 bridgehead atoms. The van der Waals surface area contributed by atoms with Crippen LogP contribution in [0.15, 0.2) is 60.7 Å². The summed E-state index contributed by atoms with van der Waals surface area (Å²) in [6.07, 6.45) is 0. The number of nitro benzene ring substituents is 2. The van der Waals surface area contributed by atoms with Gasteiger partial charge in [-0.2, -0.15) is 0 Å². The van der Waals surface area contributed by atoms with Crippen LogP contribution < -0.4 is 10.1 Å². The maximum Gasteiger partial charge on any atom is 0.280 e. The largest absolute Gasteiger partial charge is 0.457 e. The lowest BCUT2D eigenvalue weighted by atomic mass is 10.2. The van der Waals surface area contributed by atoms with Crippen LogP contribution in [0, 0.1) is 20.2 Å². The van der Waals surface area contributed by atoms with E-state index in [9.17, 15) is 25.0 Å². The molecule has 30 heavy (non-hydrogen) atoms. The van der Waals surface area contributed by atoms with E-state index in [1.54, 1.807) is 12.1 Å². The minimum absolute atomic E-state index is 0.0824. The van der Waals surface area contributed by atoms with Crippen molar-refractivity contribution in [2.45, 2.75) is 0 Å². The number of nitrogens with zero attached hydrogens (tertiary/aromatic N) is 2. The summed E-state index contributed by atoms with van der Waals surface area (Å²) in [6, 6.07) is 13.4. The summed E-state index contributed by atoms with van der Waals surface area (Å²) < 4.78 is 5.47. The molecule has 1 N–H and O–H groups in total. The summed E-state index contributed by atoms with van der Waals surface area (Å²) in [6.45, 7) is 0. The van der Waals surface area contributed by atoms with Crippen molar-refractivity contribution >= 4 is 46.2 Å². The highest BCUT2D eigenvalue weighted by Crippen LogP contribution is 2.31. The average molecular weight is 448 g/mol. The van der Waals surface area contributed by atoms with Gasteiger partial charge in [-0.15, -0.1) is 0 Å². The van der Waals surface area contributed by atoms with Crippen LogP contribution in [0.5, 0.6) is 11.5 Å². The Kier molecular flexibility index (Phi) is 6.14. The van der Waals surface area contributed by atoms with Gasteiger partial charge < -0.3 is 10.1 Å². The molecule has 0 aliphatic rings. The first-order chi connectivity index (χ1) is 14.2. The molecular weight excluding hydrogens is 437 g/mol. The third-order valence-electron chi connectivity index (χ3n) is 3.83. The molecule has 0 saturated heterocycles. The average Bonchev–Trinajstić information content (AvgIpc) is 2.70. The van der Waals surface area contributed by atoms with Gasteiger partial charge in [0.2, 0.25) is 0 Å². The van der Waals surface area contributed by atoms with Gasteiger partial charge in [0.15, 0.2) is 0 Å². The molecule has 0 saturated carbocycles. The first kappa shape index (κ1) is 21.0. The van der Waals surface area contributed by atoms with Crippen LogP contribution in [0.3, 0.4) is 0 Å². The van der Waals surface area contributed by atoms with E-state index in [4.69, 9.17) is 27.9 Å². The summed E-state index contributed by atoms with van der Waals surface area (Å²) in [4.78, 5) is 32.8. The van der Waals surface area contributed by atoms with Gasteiger partial charge in [0.1, 0.15) is 11.5 Å². The Morgan fingerprint density at radius 3 is 1.97 bits per heavy atom. The predicted octanol–water partition coefficient (Wildman–Crippen LogP) is 5.85. The Labute approximate surface area is 179 Å². The first-order valence-electron chi connectivity index (χ1n) is 8.21. The number of halogens is 2. The molecule has 0 unspecified atom stereocenters. The van der Waals surface area contributed by atoms with E-state index in [0.717, 1.165) is 18.2 Å². The zero-order chi connectivity index (χ0) is 21.8. The lowest BCUT2D eigenvalue weighted by Crippen LogP contribution is -2.12. The van der Waals surface area contributed by atoms with E-state index in [1.165, 1.54) is 30.3 Å². The van der Waals surface area contributed by atoms with Crippen LogP contribution in [0.4, 0.5) is 17.1 Å². The van der Waals surface area contributed by atoms with Gasteiger partial charge in [0.05, 0.1) is 38.8 Å². The number of hydrogen-bond acceptors (Lipinski definition) is 6. The fraction of sp³-hybridized carbons (Fsp3) is 0. The van der Waals surface area contributed by atoms with E-state index in [0.29, 0.717) is 16.3 Å². The number of carbonyl (C=O) groups is 1. The Hall–Kier alpha value is -3.69. The molecule has 0 heterocycles. The molecule has 0 fully saturated rings. The van der Waals surface area contributed by atoms with Crippen molar-refractivity contribution in [2.24, 2.45) is 0 Å². The Morgan fingerprint density at radius 1 is 0.833 bits per heavy atom. The molecular formula is C19H11Cl2N3O6. The van der Waals surface area contributed by atoms with Crippen molar-refractivity contribution in [3.05, 3.63) is 96.5 Å². The van der Waals surface area contributed by atoms with Gasteiger partial charge in [0.25, 0.3) is 17.3 Å². The number of non-ortho nitro benzene ring substituents is 2. The lowest BCUT2D eigenvalue weighted by molar-refractivity contribution is -0.394. The molecule has 1 amide bonds. The number of amides is 1. The van der Waals surface area contributed by atoms with Crippen molar-refractivity contribution in [1.29, 1.82) is 0 Å². The summed E-state index contributed by atoms with van der Waals surface area (Å²) >= 11 is 11.9. The van der Waals surface area contributed by atoms with Crippen molar-refractivity contribution < 1.29 is 19.4 Å². The molecule has 0 aromatic heterocycles. The summed E-state index contributed by atoms with van der Waals surface area (Å²) in [7, 11) is 0. The van der Waals surface area contributed by atoms with E-state index >= 15 is 0 Å². The third kappa shape index (κ3) is 5.02. The Morgan fingerprint density at radius 2 is 1.43 bits per heavy atom. The second-order valence-corrected chi connectivity index (χ2v) is 6.75. The zero-order valence-electron chi connectivity index (χ0n) is 14.9. The van der Waals surface area contributed by atoms with E-state index in [2.05, 4.69) is 5.32 Å². The second kappa shape index (κ2) is 8.76. The van der Waals surface area contributed by atoms with Crippen LogP contribution in [0.1, 0.15) is 10.4 Å². The molecule has 0 aliphatic carbocycles. The maximum absolute atomic E-state index is 12.4. The molecule has 0 aliphatic heterocycles. The van der Waals surface area contributed by atoms with Gasteiger partial charge in [-0.1, -0.05) is 23.2 Å². The first-order valence-corrected chi connectivity index (χ1v) is 8.97. The van der Waals surface area contributed by atoms with Crippen molar-refractivity contribution in [1.82, 2.24) is 0 Å². The SMILES string of the molecule is O=C(Nc1ccc(Cl)cc1Cl)c1ccc(Oc2cc([N+](=O)[O-])cc([N+](=O)[O-])c2)cc1. The molecule has 11 heteroatoms. The van der Waals surface area contributed by atoms with Crippen LogP contribution in [-0.4, -0.2) is 15.8 Å². The highest BCUT2D eigenvalue weighted by atomic mass is 35.5. The monoisotopic (exact) mass is 447 g/mol. The fourth-order valence-corrected chi connectivity index (χ4v) is 2.89. The molecule has 152 valence electrons. The zero-order valence-corrected chi connectivity index (χ0v) is 16.4. The highest BCUT2D eigenvalue weighted by Gasteiger charge is 2.18. The standard InChI is InChI=1S/C19H11Cl2N3O6/c20-12-3-6-18(17(21)7-12)22-19(25)11-1-4-15(5-2-11)30-16-9-13(23(26)27)8-14(10-16)24(28)29/h1-10H,(H,22,25). The van der Waals surface area contributed by atoms with Crippen molar-refractivity contribution in [3.8, 4) is 11.5 Å². The number of anilines is 1. The number of ether oxygens (including phenoxy) is 1. The van der Waals surface area contributed by atoms with Gasteiger partial charge in [-0.05, 0) is 42.5 Å². The third-order valence-corrected chi connectivity index (χ3v) is 4.38. The highest BCUT2D eigenvalue weighted by molar-refractivity contribution is 6.36. The maximum atomic E-state index is 12.4. The smallest absolute Gasteiger partial charge is 0.280 e. The molecule has 3 aromatic rings. The number of rotatable bonds is 6. The van der Waals surface area contributed by atoms with Gasteiger partial charge in [-0.25, -0.2) is 0 Å². The minimum Gasteiger partial charge on any atom is -0.457 e. The Bertz CT molecular complexity index is 1120. The predicted molar refractivity (Wildman–Crippen MR) is 111 cm³/mol. The van der Waals surface area contributed by atoms with Crippen LogP contribution in [0.2, 0.25) is 10.0 Å². The number of hydrogen-bond donors (Lipinski definition) is 1. The number of nitro groups is 2. The van der Waals surface area contributed by atoms with E-state index in [1.807, 2.05) is 0 Å². The van der Waals surface area contributed by atoms with Crippen LogP contribution >= 0.6 is 23.2 Å². The molecule has 0 radical (unpaired) electrons.